The molecule has 3 heteroatoms. The molecule has 0 spiro atoms. The minimum absolute atomic E-state index is 0.155. The summed E-state index contributed by atoms with van der Waals surface area (Å²) in [7, 11) is 0. The second-order valence-corrected chi connectivity index (χ2v) is 5.46. The van der Waals surface area contributed by atoms with Crippen LogP contribution < -0.4 is 5.32 Å². The van der Waals surface area contributed by atoms with Gasteiger partial charge in [0.05, 0.1) is 12.3 Å². The molecule has 100 valence electrons. The molecule has 0 saturated carbocycles. The Bertz CT molecular complexity index is 353. The van der Waals surface area contributed by atoms with Gasteiger partial charge in [0.1, 0.15) is 0 Å². The molecule has 18 heavy (non-hydrogen) atoms. The lowest BCUT2D eigenvalue weighted by Crippen LogP contribution is -2.49. The largest absolute Gasteiger partial charge is 0.392 e. The van der Waals surface area contributed by atoms with Crippen LogP contribution in [0.3, 0.4) is 0 Å². The van der Waals surface area contributed by atoms with Gasteiger partial charge < -0.3 is 5.11 Å². The number of β-amino-alcohol motifs (C(OH)–C–C–N with tert-alkyl or cyclic N) is 1. The van der Waals surface area contributed by atoms with E-state index >= 15 is 0 Å². The Balaban J connectivity index is 2.01. The molecule has 3 nitrogen and oxygen atoms in total. The van der Waals surface area contributed by atoms with Gasteiger partial charge in [0.15, 0.2) is 0 Å². The Labute approximate surface area is 110 Å². The molecule has 1 heterocycles. The summed E-state index contributed by atoms with van der Waals surface area (Å²) in [6.07, 6.45) is 2.05. The van der Waals surface area contributed by atoms with Crippen molar-refractivity contribution in [2.75, 3.05) is 13.1 Å². The van der Waals surface area contributed by atoms with Crippen LogP contribution >= 0.6 is 0 Å². The van der Waals surface area contributed by atoms with Gasteiger partial charge in [-0.3, -0.25) is 10.2 Å². The smallest absolute Gasteiger partial charge is 0.0679 e. The minimum Gasteiger partial charge on any atom is -0.392 e. The second kappa shape index (κ2) is 6.32. The van der Waals surface area contributed by atoms with Crippen molar-refractivity contribution in [2.45, 2.75) is 45.0 Å². The van der Waals surface area contributed by atoms with Crippen LogP contribution in [0, 0.1) is 0 Å². The SMILES string of the molecule is CC(C)NC(Cc1ccccc1)N1CCC(O)C1. The fraction of sp³-hybridized carbons (Fsp3) is 0.600. The van der Waals surface area contributed by atoms with Crippen LogP contribution in [0.2, 0.25) is 0 Å². The topological polar surface area (TPSA) is 35.5 Å². The first kappa shape index (κ1) is 13.5. The van der Waals surface area contributed by atoms with Crippen molar-refractivity contribution < 1.29 is 5.11 Å². The van der Waals surface area contributed by atoms with Crippen LogP contribution in [0.15, 0.2) is 30.3 Å². The lowest BCUT2D eigenvalue weighted by Gasteiger charge is -2.30. The predicted octanol–water partition coefficient (Wildman–Crippen LogP) is 1.62. The van der Waals surface area contributed by atoms with Crippen LogP contribution in [-0.4, -0.2) is 41.4 Å². The maximum atomic E-state index is 9.68. The first-order valence-corrected chi connectivity index (χ1v) is 6.87. The van der Waals surface area contributed by atoms with Crippen molar-refractivity contribution >= 4 is 0 Å². The second-order valence-electron chi connectivity index (χ2n) is 5.46. The van der Waals surface area contributed by atoms with E-state index in [1.54, 1.807) is 0 Å². The van der Waals surface area contributed by atoms with Crippen molar-refractivity contribution in [1.29, 1.82) is 0 Å². The van der Waals surface area contributed by atoms with E-state index in [1.807, 2.05) is 6.07 Å². The van der Waals surface area contributed by atoms with E-state index in [-0.39, 0.29) is 6.10 Å². The highest BCUT2D eigenvalue weighted by Crippen LogP contribution is 2.15. The maximum absolute atomic E-state index is 9.68. The fourth-order valence-electron chi connectivity index (χ4n) is 2.57. The average molecular weight is 248 g/mol. The van der Waals surface area contributed by atoms with Crippen molar-refractivity contribution in [3.8, 4) is 0 Å². The van der Waals surface area contributed by atoms with Gasteiger partial charge in [-0.15, -0.1) is 0 Å². The third-order valence-corrected chi connectivity index (χ3v) is 3.43. The fourth-order valence-corrected chi connectivity index (χ4v) is 2.57. The lowest BCUT2D eigenvalue weighted by molar-refractivity contribution is 0.141. The molecule has 1 aromatic carbocycles. The van der Waals surface area contributed by atoms with Gasteiger partial charge in [-0.05, 0) is 25.8 Å². The monoisotopic (exact) mass is 248 g/mol. The van der Waals surface area contributed by atoms with Gasteiger partial charge >= 0.3 is 0 Å². The van der Waals surface area contributed by atoms with Gasteiger partial charge in [0.2, 0.25) is 0 Å². The zero-order valence-electron chi connectivity index (χ0n) is 11.3. The molecular formula is C15H24N2O. The number of aliphatic hydroxyl groups is 1. The highest BCUT2D eigenvalue weighted by molar-refractivity contribution is 5.16. The molecule has 2 N–H and O–H groups in total. The number of aliphatic hydroxyl groups excluding tert-OH is 1. The molecule has 2 rings (SSSR count). The Morgan fingerprint density at radius 3 is 2.61 bits per heavy atom. The summed E-state index contributed by atoms with van der Waals surface area (Å²) >= 11 is 0. The molecule has 0 radical (unpaired) electrons. The van der Waals surface area contributed by atoms with Crippen LogP contribution in [-0.2, 0) is 6.42 Å². The summed E-state index contributed by atoms with van der Waals surface area (Å²) in [5.74, 6) is 0. The van der Waals surface area contributed by atoms with E-state index in [9.17, 15) is 5.11 Å². The van der Waals surface area contributed by atoms with Crippen molar-refractivity contribution in [1.82, 2.24) is 10.2 Å². The van der Waals surface area contributed by atoms with E-state index < -0.39 is 0 Å². The first-order valence-electron chi connectivity index (χ1n) is 6.87. The molecule has 1 aromatic rings. The molecule has 1 fully saturated rings. The number of likely N-dealkylation sites (tertiary alicyclic amines) is 1. The van der Waals surface area contributed by atoms with E-state index in [2.05, 4.69) is 48.3 Å². The molecular weight excluding hydrogens is 224 g/mol. The van der Waals surface area contributed by atoms with Gasteiger partial charge in [-0.25, -0.2) is 0 Å². The molecule has 2 unspecified atom stereocenters. The third kappa shape index (κ3) is 3.80. The van der Waals surface area contributed by atoms with Crippen LogP contribution in [0.5, 0.6) is 0 Å². The zero-order chi connectivity index (χ0) is 13.0. The molecule has 0 bridgehead atoms. The Morgan fingerprint density at radius 2 is 2.06 bits per heavy atom. The van der Waals surface area contributed by atoms with Crippen LogP contribution in [0.25, 0.3) is 0 Å². The summed E-state index contributed by atoms with van der Waals surface area (Å²) in [4.78, 5) is 2.36. The normalized spacial score (nSPS) is 22.6. The zero-order valence-corrected chi connectivity index (χ0v) is 11.3. The molecule has 0 amide bonds. The van der Waals surface area contributed by atoms with Crippen molar-refractivity contribution in [2.24, 2.45) is 0 Å². The Morgan fingerprint density at radius 1 is 1.33 bits per heavy atom. The highest BCUT2D eigenvalue weighted by atomic mass is 16.3. The predicted molar refractivity (Wildman–Crippen MR) is 74.4 cm³/mol. The number of rotatable bonds is 5. The highest BCUT2D eigenvalue weighted by Gasteiger charge is 2.27. The number of hydrogen-bond acceptors (Lipinski definition) is 3. The third-order valence-electron chi connectivity index (χ3n) is 3.43. The lowest BCUT2D eigenvalue weighted by atomic mass is 10.1. The summed E-state index contributed by atoms with van der Waals surface area (Å²) in [5, 5.41) is 13.3. The summed E-state index contributed by atoms with van der Waals surface area (Å²) < 4.78 is 0. The number of nitrogens with one attached hydrogen (secondary N) is 1. The first-order chi connectivity index (χ1) is 8.65. The van der Waals surface area contributed by atoms with Gasteiger partial charge in [0.25, 0.3) is 0 Å². The summed E-state index contributed by atoms with van der Waals surface area (Å²) in [6.45, 7) is 6.12. The van der Waals surface area contributed by atoms with Crippen molar-refractivity contribution in [3.05, 3.63) is 35.9 Å². The van der Waals surface area contributed by atoms with Crippen molar-refractivity contribution in [3.63, 3.8) is 0 Å². The molecule has 2 atom stereocenters. The van der Waals surface area contributed by atoms with Gasteiger partial charge in [-0.2, -0.15) is 0 Å². The number of nitrogens with zero attached hydrogens (tertiary/aromatic N) is 1. The summed E-state index contributed by atoms with van der Waals surface area (Å²) in [6, 6.07) is 11.0. The molecule has 0 aliphatic carbocycles. The van der Waals surface area contributed by atoms with E-state index in [0.717, 1.165) is 25.9 Å². The number of benzene rings is 1. The van der Waals surface area contributed by atoms with Gasteiger partial charge in [0, 0.05) is 25.6 Å². The van der Waals surface area contributed by atoms with E-state index in [0.29, 0.717) is 12.2 Å². The van der Waals surface area contributed by atoms with Crippen LogP contribution in [0.4, 0.5) is 0 Å². The quantitative estimate of drug-likeness (QED) is 0.831. The maximum Gasteiger partial charge on any atom is 0.0679 e. The summed E-state index contributed by atoms with van der Waals surface area (Å²) in [5.41, 5.74) is 1.34. The minimum atomic E-state index is -0.155. The molecule has 0 aromatic heterocycles. The number of hydrogen-bond donors (Lipinski definition) is 2. The molecule has 1 saturated heterocycles. The Hall–Kier alpha value is -0.900. The van der Waals surface area contributed by atoms with E-state index in [1.165, 1.54) is 5.56 Å². The standard InChI is InChI=1S/C15H24N2O/c1-12(2)16-15(17-9-8-14(18)11-17)10-13-6-4-3-5-7-13/h3-7,12,14-16,18H,8-11H2,1-2H3. The average Bonchev–Trinajstić information content (AvgIpc) is 2.76. The Kier molecular flexibility index (Phi) is 4.75. The molecule has 1 aliphatic rings. The van der Waals surface area contributed by atoms with Crippen LogP contribution in [0.1, 0.15) is 25.8 Å². The van der Waals surface area contributed by atoms with Gasteiger partial charge in [-0.1, -0.05) is 30.3 Å². The molecule has 1 aliphatic heterocycles. The van der Waals surface area contributed by atoms with E-state index in [4.69, 9.17) is 0 Å².